The first-order chi connectivity index (χ1) is 6.36. The summed E-state index contributed by atoms with van der Waals surface area (Å²) in [7, 11) is 3.66. The van der Waals surface area contributed by atoms with E-state index in [2.05, 4.69) is 24.8 Å². The van der Waals surface area contributed by atoms with Crippen LogP contribution in [0.1, 0.15) is 13.8 Å². The van der Waals surface area contributed by atoms with E-state index < -0.39 is 0 Å². The van der Waals surface area contributed by atoms with Gasteiger partial charge in [0.2, 0.25) is 0 Å². The SMILES string of the molecule is CCN(CC)C(=S)[S-].CN(C)C(=S)[S-].[Nd+3].[Nd+3]. The van der Waals surface area contributed by atoms with Crippen LogP contribution in [0.25, 0.3) is 0 Å². The fraction of sp³-hybridized carbons (Fsp3) is 0.750. The molecule has 0 fully saturated rings. The molecule has 0 aliphatic heterocycles. The molecular formula is C8H16N2Nd2S4+4. The number of hydrogen-bond acceptors (Lipinski definition) is 4. The molecule has 16 heavy (non-hydrogen) atoms. The van der Waals surface area contributed by atoms with Crippen molar-refractivity contribution in [2.24, 2.45) is 0 Å². The van der Waals surface area contributed by atoms with Gasteiger partial charge in [0.05, 0.1) is 0 Å². The molecule has 2 nitrogen and oxygen atoms in total. The second kappa shape index (κ2) is 17.9. The molecule has 0 saturated carbocycles. The van der Waals surface area contributed by atoms with Crippen molar-refractivity contribution in [3.05, 3.63) is 0 Å². The molecule has 2 radical (unpaired) electrons. The molecule has 0 bridgehead atoms. The van der Waals surface area contributed by atoms with Crippen LogP contribution < -0.4 is 0 Å². The Morgan fingerprint density at radius 3 is 1.19 bits per heavy atom. The summed E-state index contributed by atoms with van der Waals surface area (Å²) < 4.78 is 1.09. The molecule has 86 valence electrons. The van der Waals surface area contributed by atoms with Crippen molar-refractivity contribution >= 4 is 58.3 Å². The minimum atomic E-state index is 0. The smallest absolute Gasteiger partial charge is 0.411 e. The number of nitrogens with zero attached hydrogens (tertiary/aromatic N) is 2. The van der Waals surface area contributed by atoms with Gasteiger partial charge in [-0.1, -0.05) is 8.64 Å². The van der Waals surface area contributed by atoms with Crippen LogP contribution in [0.2, 0.25) is 0 Å². The van der Waals surface area contributed by atoms with E-state index in [1.165, 1.54) is 0 Å². The summed E-state index contributed by atoms with van der Waals surface area (Å²) in [5, 5.41) is 0. The van der Waals surface area contributed by atoms with Crippen molar-refractivity contribution in [1.82, 2.24) is 9.80 Å². The van der Waals surface area contributed by atoms with Crippen LogP contribution in [0.4, 0.5) is 0 Å². The van der Waals surface area contributed by atoms with Gasteiger partial charge in [-0.2, -0.15) is 0 Å². The Balaban J connectivity index is -0.0000000825. The third-order valence-corrected chi connectivity index (χ3v) is 2.63. The van der Waals surface area contributed by atoms with Gasteiger partial charge in [-0.3, -0.25) is 0 Å². The maximum Gasteiger partial charge on any atom is 3.00 e. The molecule has 0 unspecified atom stereocenters. The summed E-state index contributed by atoms with van der Waals surface area (Å²) in [5.74, 6) is 0. The van der Waals surface area contributed by atoms with Crippen LogP contribution in [0.5, 0.6) is 0 Å². The van der Waals surface area contributed by atoms with Crippen LogP contribution in [-0.4, -0.2) is 45.6 Å². The standard InChI is InChI=1S/C5H11NS2.C3H7NS2.2Nd/c1-3-6(4-2)5(7)8;1-4(2)3(5)6;;/h3-4H2,1-2H3,(H,7,8);1-2H3,(H,5,6);;/q;;2*+3/p-2. The van der Waals surface area contributed by atoms with Gasteiger partial charge in [-0.25, -0.2) is 0 Å². The van der Waals surface area contributed by atoms with E-state index in [0.717, 1.165) is 13.1 Å². The third kappa shape index (κ3) is 19.3. The van der Waals surface area contributed by atoms with Crippen molar-refractivity contribution in [2.45, 2.75) is 13.8 Å². The van der Waals surface area contributed by atoms with E-state index in [1.54, 1.807) is 4.90 Å². The minimum Gasteiger partial charge on any atom is -0.411 e. The minimum absolute atomic E-state index is 0. The summed E-state index contributed by atoms with van der Waals surface area (Å²) in [6.07, 6.45) is 0. The molecule has 0 atom stereocenters. The zero-order chi connectivity index (χ0) is 11.7. The number of rotatable bonds is 2. The molecule has 0 aromatic carbocycles. The zero-order valence-corrected chi connectivity index (χ0v) is 19.6. The second-order valence-electron chi connectivity index (χ2n) is 2.60. The van der Waals surface area contributed by atoms with Gasteiger partial charge in [0.25, 0.3) is 0 Å². The first kappa shape index (κ1) is 27.3. The first-order valence-corrected chi connectivity index (χ1v) is 5.84. The monoisotopic (exact) mass is 552 g/mol. The van der Waals surface area contributed by atoms with Gasteiger partial charge in [-0.15, -0.1) is 0 Å². The molecule has 0 amide bonds. The summed E-state index contributed by atoms with van der Waals surface area (Å²) in [6, 6.07) is 0. The Hall–Kier alpha value is 2.92. The first-order valence-electron chi connectivity index (χ1n) is 4.20. The van der Waals surface area contributed by atoms with E-state index in [1.807, 2.05) is 32.8 Å². The van der Waals surface area contributed by atoms with E-state index in [9.17, 15) is 0 Å². The van der Waals surface area contributed by atoms with E-state index in [0.29, 0.717) is 8.64 Å². The zero-order valence-electron chi connectivity index (χ0n) is 9.94. The fourth-order valence-electron chi connectivity index (χ4n) is 0.482. The van der Waals surface area contributed by atoms with E-state index in [-0.39, 0.29) is 81.7 Å². The maximum atomic E-state index is 4.76. The van der Waals surface area contributed by atoms with Crippen LogP contribution in [0.3, 0.4) is 0 Å². The predicted molar refractivity (Wildman–Crippen MR) is 76.5 cm³/mol. The third-order valence-electron chi connectivity index (χ3n) is 1.39. The summed E-state index contributed by atoms with van der Waals surface area (Å²) in [4.78, 5) is 3.68. The fourth-order valence-corrected chi connectivity index (χ4v) is 0.998. The van der Waals surface area contributed by atoms with Crippen molar-refractivity contribution < 1.29 is 81.7 Å². The van der Waals surface area contributed by atoms with Crippen molar-refractivity contribution in [2.75, 3.05) is 27.2 Å². The van der Waals surface area contributed by atoms with Crippen LogP contribution in [0, 0.1) is 81.7 Å². The van der Waals surface area contributed by atoms with Crippen molar-refractivity contribution in [3.63, 3.8) is 0 Å². The molecule has 0 aliphatic rings. The maximum absolute atomic E-state index is 4.76. The molecule has 0 saturated heterocycles. The Morgan fingerprint density at radius 2 is 1.19 bits per heavy atom. The van der Waals surface area contributed by atoms with Gasteiger partial charge >= 0.3 is 81.7 Å². The van der Waals surface area contributed by atoms with Gasteiger partial charge in [0.15, 0.2) is 0 Å². The Morgan fingerprint density at radius 1 is 0.938 bits per heavy atom. The average molecular weight is 557 g/mol. The summed E-state index contributed by atoms with van der Waals surface area (Å²) in [5.41, 5.74) is 0. The largest absolute Gasteiger partial charge is 3.00 e. The molecule has 0 heterocycles. The molecule has 0 aliphatic carbocycles. The van der Waals surface area contributed by atoms with Crippen molar-refractivity contribution in [1.29, 1.82) is 0 Å². The van der Waals surface area contributed by atoms with Gasteiger partial charge in [0.1, 0.15) is 0 Å². The molecule has 0 rings (SSSR count). The number of thiocarbonyl (C=S) groups is 2. The van der Waals surface area contributed by atoms with Crippen LogP contribution in [-0.2, 0) is 25.3 Å². The Labute approximate surface area is 187 Å². The molecule has 8 heteroatoms. The van der Waals surface area contributed by atoms with Crippen LogP contribution >= 0.6 is 24.4 Å². The topological polar surface area (TPSA) is 6.48 Å². The second-order valence-corrected chi connectivity index (χ2v) is 4.66. The normalized spacial score (nSPS) is 7.25. The Kier molecular flexibility index (Phi) is 30.6. The van der Waals surface area contributed by atoms with Gasteiger partial charge in [-0.05, 0) is 13.8 Å². The van der Waals surface area contributed by atoms with Crippen molar-refractivity contribution in [3.8, 4) is 0 Å². The van der Waals surface area contributed by atoms with Gasteiger partial charge in [0, 0.05) is 27.2 Å². The van der Waals surface area contributed by atoms with E-state index >= 15 is 0 Å². The molecule has 0 spiro atoms. The molecular weight excluding hydrogens is 541 g/mol. The van der Waals surface area contributed by atoms with Crippen LogP contribution in [0.15, 0.2) is 0 Å². The predicted octanol–water partition coefficient (Wildman–Crippen LogP) is 1.54. The van der Waals surface area contributed by atoms with E-state index in [4.69, 9.17) is 24.8 Å². The molecule has 0 aromatic heterocycles. The van der Waals surface area contributed by atoms with Gasteiger partial charge < -0.3 is 59.5 Å². The molecule has 0 N–H and O–H groups in total. The average Bonchev–Trinajstić information content (AvgIpc) is 2.06. The quantitative estimate of drug-likeness (QED) is 0.373. The molecule has 0 aromatic rings. The summed E-state index contributed by atoms with van der Waals surface area (Å²) >= 11 is 18.6. The summed E-state index contributed by atoms with van der Waals surface area (Å²) in [6.45, 7) is 5.95. The Bertz CT molecular complexity index is 187. The number of hydrogen-bond donors (Lipinski definition) is 0.